The van der Waals surface area contributed by atoms with E-state index in [4.69, 9.17) is 22.1 Å². The lowest BCUT2D eigenvalue weighted by atomic mass is 9.97. The number of halogens is 1. The van der Waals surface area contributed by atoms with Crippen LogP contribution in [0.3, 0.4) is 0 Å². The van der Waals surface area contributed by atoms with Crippen molar-refractivity contribution < 1.29 is 4.74 Å². The molecule has 1 aliphatic carbocycles. The first-order chi connectivity index (χ1) is 6.99. The van der Waals surface area contributed by atoms with Gasteiger partial charge in [-0.25, -0.2) is 0 Å². The molecule has 0 saturated heterocycles. The fourth-order valence-corrected chi connectivity index (χ4v) is 2.28. The highest BCUT2D eigenvalue weighted by molar-refractivity contribution is 6.31. The first-order valence-corrected chi connectivity index (χ1v) is 5.50. The molecular weight excluding hydrogens is 210 g/mol. The van der Waals surface area contributed by atoms with E-state index in [0.717, 1.165) is 40.3 Å². The molecule has 0 atom stereocenters. The third kappa shape index (κ3) is 1.62. The van der Waals surface area contributed by atoms with E-state index in [1.54, 1.807) is 7.11 Å². The maximum absolute atomic E-state index is 6.20. The molecule has 2 N–H and O–H groups in total. The Morgan fingerprint density at radius 2 is 1.93 bits per heavy atom. The molecule has 0 aliphatic heterocycles. The molecular formula is C12H16ClNO. The van der Waals surface area contributed by atoms with Crippen LogP contribution in [-0.4, -0.2) is 7.11 Å². The Kier molecular flexibility index (Phi) is 2.44. The van der Waals surface area contributed by atoms with Crippen molar-refractivity contribution in [1.29, 1.82) is 0 Å². The second kappa shape index (κ2) is 3.39. The summed E-state index contributed by atoms with van der Waals surface area (Å²) < 4.78 is 5.38. The van der Waals surface area contributed by atoms with Gasteiger partial charge in [0.1, 0.15) is 5.75 Å². The normalized spacial score (nSPS) is 17.7. The summed E-state index contributed by atoms with van der Waals surface area (Å²) in [6.07, 6.45) is 2.08. The summed E-state index contributed by atoms with van der Waals surface area (Å²) in [5.74, 6) is 0.870. The van der Waals surface area contributed by atoms with Crippen LogP contribution in [0.2, 0.25) is 5.02 Å². The first-order valence-electron chi connectivity index (χ1n) is 5.12. The largest absolute Gasteiger partial charge is 0.496 e. The number of hydrogen-bond donors (Lipinski definition) is 1. The van der Waals surface area contributed by atoms with Crippen molar-refractivity contribution in [1.82, 2.24) is 0 Å². The van der Waals surface area contributed by atoms with Gasteiger partial charge in [0.15, 0.2) is 0 Å². The van der Waals surface area contributed by atoms with Gasteiger partial charge in [-0.15, -0.1) is 0 Å². The molecule has 1 saturated carbocycles. The summed E-state index contributed by atoms with van der Waals surface area (Å²) in [5.41, 5.74) is 9.29. The van der Waals surface area contributed by atoms with Gasteiger partial charge in [0.05, 0.1) is 7.11 Å². The molecule has 3 heteroatoms. The van der Waals surface area contributed by atoms with E-state index in [9.17, 15) is 0 Å². The molecule has 1 fully saturated rings. The van der Waals surface area contributed by atoms with E-state index in [2.05, 4.69) is 0 Å². The van der Waals surface area contributed by atoms with Crippen LogP contribution in [0.1, 0.15) is 29.5 Å². The number of benzene rings is 1. The average Bonchev–Trinajstić information content (AvgIpc) is 2.92. The number of rotatable bonds is 2. The van der Waals surface area contributed by atoms with Crippen LogP contribution in [0, 0.1) is 13.8 Å². The molecule has 0 aromatic heterocycles. The van der Waals surface area contributed by atoms with Crippen molar-refractivity contribution in [3.8, 4) is 5.75 Å². The molecule has 2 nitrogen and oxygen atoms in total. The molecule has 0 spiro atoms. The van der Waals surface area contributed by atoms with E-state index in [1.807, 2.05) is 19.9 Å². The Morgan fingerprint density at radius 1 is 1.33 bits per heavy atom. The molecule has 0 heterocycles. The average molecular weight is 226 g/mol. The van der Waals surface area contributed by atoms with Gasteiger partial charge in [-0.3, -0.25) is 0 Å². The van der Waals surface area contributed by atoms with E-state index in [0.29, 0.717) is 0 Å². The number of methoxy groups -OCH3 is 1. The fraction of sp³-hybridized carbons (Fsp3) is 0.500. The predicted molar refractivity (Wildman–Crippen MR) is 62.6 cm³/mol. The van der Waals surface area contributed by atoms with E-state index < -0.39 is 0 Å². The highest BCUT2D eigenvalue weighted by Gasteiger charge is 2.42. The maximum atomic E-state index is 6.20. The van der Waals surface area contributed by atoms with Crippen molar-refractivity contribution >= 4 is 11.6 Å². The van der Waals surface area contributed by atoms with Crippen LogP contribution < -0.4 is 10.5 Å². The molecule has 2 rings (SSSR count). The van der Waals surface area contributed by atoms with Crippen LogP contribution in [0.25, 0.3) is 0 Å². The topological polar surface area (TPSA) is 35.2 Å². The van der Waals surface area contributed by atoms with Crippen LogP contribution in [-0.2, 0) is 5.54 Å². The molecule has 15 heavy (non-hydrogen) atoms. The van der Waals surface area contributed by atoms with Gasteiger partial charge in [0.25, 0.3) is 0 Å². The number of hydrogen-bond acceptors (Lipinski definition) is 2. The second-order valence-electron chi connectivity index (χ2n) is 4.35. The van der Waals surface area contributed by atoms with Crippen molar-refractivity contribution in [2.45, 2.75) is 32.2 Å². The summed E-state index contributed by atoms with van der Waals surface area (Å²) in [6.45, 7) is 4.01. The molecule has 1 aliphatic rings. The lowest BCUT2D eigenvalue weighted by Gasteiger charge is -2.18. The van der Waals surface area contributed by atoms with Crippen molar-refractivity contribution in [2.75, 3.05) is 7.11 Å². The lowest BCUT2D eigenvalue weighted by molar-refractivity contribution is 0.407. The molecule has 1 aromatic rings. The summed E-state index contributed by atoms with van der Waals surface area (Å²) in [5, 5.41) is 0.740. The molecule has 0 amide bonds. The van der Waals surface area contributed by atoms with E-state index in [-0.39, 0.29) is 5.54 Å². The minimum atomic E-state index is -0.158. The molecule has 0 radical (unpaired) electrons. The van der Waals surface area contributed by atoms with Crippen molar-refractivity contribution in [2.24, 2.45) is 5.73 Å². The van der Waals surface area contributed by atoms with Crippen LogP contribution in [0.4, 0.5) is 0 Å². The highest BCUT2D eigenvalue weighted by atomic mass is 35.5. The smallest absolute Gasteiger partial charge is 0.126 e. The predicted octanol–water partition coefficient (Wildman–Crippen LogP) is 2.91. The van der Waals surface area contributed by atoms with Gasteiger partial charge in [0.2, 0.25) is 0 Å². The minimum absolute atomic E-state index is 0.158. The third-order valence-corrected chi connectivity index (χ3v) is 3.64. The molecule has 1 aromatic carbocycles. The molecule has 0 bridgehead atoms. The fourth-order valence-electron chi connectivity index (χ4n) is 2.08. The van der Waals surface area contributed by atoms with E-state index in [1.165, 1.54) is 0 Å². The van der Waals surface area contributed by atoms with E-state index >= 15 is 0 Å². The monoisotopic (exact) mass is 225 g/mol. The van der Waals surface area contributed by atoms with Crippen LogP contribution in [0.15, 0.2) is 6.07 Å². The van der Waals surface area contributed by atoms with Gasteiger partial charge >= 0.3 is 0 Å². The second-order valence-corrected chi connectivity index (χ2v) is 4.75. The number of nitrogens with two attached hydrogens (primary N) is 1. The Morgan fingerprint density at radius 3 is 2.40 bits per heavy atom. The summed E-state index contributed by atoms with van der Waals surface area (Å²) in [6, 6.07) is 1.99. The lowest BCUT2D eigenvalue weighted by Crippen LogP contribution is -2.20. The third-order valence-electron chi connectivity index (χ3n) is 3.24. The Bertz CT molecular complexity index is 411. The van der Waals surface area contributed by atoms with Crippen LogP contribution >= 0.6 is 11.6 Å². The Balaban J connectivity index is 2.62. The van der Waals surface area contributed by atoms with Gasteiger partial charge < -0.3 is 10.5 Å². The molecule has 82 valence electrons. The van der Waals surface area contributed by atoms with Gasteiger partial charge in [0, 0.05) is 16.1 Å². The Hall–Kier alpha value is -0.730. The van der Waals surface area contributed by atoms with Gasteiger partial charge in [-0.05, 0) is 43.9 Å². The SMILES string of the molecule is COc1c(C)c(Cl)cc(C2(N)CC2)c1C. The zero-order valence-electron chi connectivity index (χ0n) is 9.36. The van der Waals surface area contributed by atoms with Crippen molar-refractivity contribution in [3.05, 3.63) is 27.8 Å². The zero-order chi connectivity index (χ0) is 11.2. The summed E-state index contributed by atoms with van der Waals surface area (Å²) in [7, 11) is 1.67. The summed E-state index contributed by atoms with van der Waals surface area (Å²) in [4.78, 5) is 0. The minimum Gasteiger partial charge on any atom is -0.496 e. The first kappa shape index (κ1) is 10.8. The molecule has 0 unspecified atom stereocenters. The maximum Gasteiger partial charge on any atom is 0.126 e. The van der Waals surface area contributed by atoms with Crippen LogP contribution in [0.5, 0.6) is 5.75 Å². The zero-order valence-corrected chi connectivity index (χ0v) is 10.1. The highest BCUT2D eigenvalue weighted by Crippen LogP contribution is 2.47. The number of ether oxygens (including phenoxy) is 1. The summed E-state index contributed by atoms with van der Waals surface area (Å²) >= 11 is 6.17. The van der Waals surface area contributed by atoms with Gasteiger partial charge in [-0.2, -0.15) is 0 Å². The Labute approximate surface area is 95.4 Å². The van der Waals surface area contributed by atoms with Crippen molar-refractivity contribution in [3.63, 3.8) is 0 Å². The van der Waals surface area contributed by atoms with Gasteiger partial charge in [-0.1, -0.05) is 11.6 Å². The standard InChI is InChI=1S/C12H16ClNO/c1-7-9(12(14)4-5-12)6-10(13)8(2)11(7)15-3/h6H,4-5,14H2,1-3H3. The quantitative estimate of drug-likeness (QED) is 0.840.